The molecule has 0 fully saturated rings. The standard InChI is InChI=1S/C28H36N4O7/c1-7-28(3,4)30-27(35)25(20-11-8-12-21(36-5)26(20)37-6)32(17-19-10-9-15-38-19)24(34)14-13-23(33)29-22-16-18(2)39-31-22/h8-12,15-16,25H,7,13-14,17H2,1-6H3,(H,30,35)(H,29,31,33)/t25-/m0/s1. The number of carbonyl (C=O) groups is 3. The van der Waals surface area contributed by atoms with Crippen LogP contribution in [0.15, 0.2) is 51.6 Å². The Morgan fingerprint density at radius 2 is 1.87 bits per heavy atom. The second-order valence-corrected chi connectivity index (χ2v) is 9.68. The van der Waals surface area contributed by atoms with Crippen LogP contribution in [0.4, 0.5) is 5.82 Å². The number of rotatable bonds is 13. The van der Waals surface area contributed by atoms with Crippen LogP contribution in [0.2, 0.25) is 0 Å². The summed E-state index contributed by atoms with van der Waals surface area (Å²) in [6.45, 7) is 7.46. The predicted octanol–water partition coefficient (Wildman–Crippen LogP) is 4.39. The number of amides is 3. The smallest absolute Gasteiger partial charge is 0.248 e. The highest BCUT2D eigenvalue weighted by molar-refractivity contribution is 5.94. The summed E-state index contributed by atoms with van der Waals surface area (Å²) < 4.78 is 21.6. The number of aryl methyl sites for hydroxylation is 1. The normalized spacial score (nSPS) is 11.9. The fourth-order valence-corrected chi connectivity index (χ4v) is 3.96. The number of nitrogens with zero attached hydrogens (tertiary/aromatic N) is 2. The Bertz CT molecular complexity index is 1270. The zero-order valence-corrected chi connectivity index (χ0v) is 23.2. The number of benzene rings is 1. The van der Waals surface area contributed by atoms with Crippen LogP contribution < -0.4 is 20.1 Å². The molecule has 0 saturated carbocycles. The van der Waals surface area contributed by atoms with Crippen LogP contribution in [0.3, 0.4) is 0 Å². The van der Waals surface area contributed by atoms with E-state index in [9.17, 15) is 14.4 Å². The van der Waals surface area contributed by atoms with Crippen LogP contribution in [0.25, 0.3) is 0 Å². The SMILES string of the molecule is CCC(C)(C)NC(=O)[C@H](c1cccc(OC)c1OC)N(Cc1ccco1)C(=O)CCC(=O)Nc1cc(C)on1. The summed E-state index contributed by atoms with van der Waals surface area (Å²) in [4.78, 5) is 41.6. The number of nitrogens with one attached hydrogen (secondary N) is 2. The van der Waals surface area contributed by atoms with Crippen LogP contribution in [0, 0.1) is 6.92 Å². The number of hydrogen-bond acceptors (Lipinski definition) is 8. The number of carbonyl (C=O) groups excluding carboxylic acids is 3. The molecule has 0 aliphatic carbocycles. The van der Waals surface area contributed by atoms with Gasteiger partial charge in [0, 0.05) is 30.0 Å². The third-order valence-electron chi connectivity index (χ3n) is 6.32. The minimum atomic E-state index is -1.11. The molecule has 0 aliphatic heterocycles. The Kier molecular flexibility index (Phi) is 9.75. The van der Waals surface area contributed by atoms with E-state index in [2.05, 4.69) is 15.8 Å². The molecule has 3 amide bonds. The number of para-hydroxylation sites is 1. The van der Waals surface area contributed by atoms with Gasteiger partial charge in [0.05, 0.1) is 27.0 Å². The Hall–Kier alpha value is -4.28. The second kappa shape index (κ2) is 13.0. The first-order valence-corrected chi connectivity index (χ1v) is 12.7. The second-order valence-electron chi connectivity index (χ2n) is 9.68. The van der Waals surface area contributed by atoms with E-state index in [0.29, 0.717) is 35.0 Å². The van der Waals surface area contributed by atoms with Gasteiger partial charge in [-0.25, -0.2) is 0 Å². The highest BCUT2D eigenvalue weighted by Gasteiger charge is 2.37. The predicted molar refractivity (Wildman–Crippen MR) is 143 cm³/mol. The minimum Gasteiger partial charge on any atom is -0.493 e. The molecule has 1 atom stereocenters. The molecule has 2 aromatic heterocycles. The maximum Gasteiger partial charge on any atom is 0.248 e. The van der Waals surface area contributed by atoms with Crippen molar-refractivity contribution in [3.8, 4) is 11.5 Å². The van der Waals surface area contributed by atoms with Gasteiger partial charge in [-0.3, -0.25) is 14.4 Å². The maximum atomic E-state index is 13.9. The zero-order chi connectivity index (χ0) is 28.6. The summed E-state index contributed by atoms with van der Waals surface area (Å²) in [6, 6.07) is 9.04. The molecule has 11 nitrogen and oxygen atoms in total. The summed E-state index contributed by atoms with van der Waals surface area (Å²) in [5, 5.41) is 9.40. The van der Waals surface area contributed by atoms with Crippen molar-refractivity contribution in [1.82, 2.24) is 15.4 Å². The Labute approximate surface area is 227 Å². The van der Waals surface area contributed by atoms with E-state index in [1.165, 1.54) is 25.4 Å². The molecular formula is C28H36N4O7. The van der Waals surface area contributed by atoms with Gasteiger partial charge in [0.1, 0.15) is 17.6 Å². The van der Waals surface area contributed by atoms with E-state index in [1.54, 1.807) is 43.3 Å². The molecule has 0 unspecified atom stereocenters. The first kappa shape index (κ1) is 29.3. The number of aromatic nitrogens is 1. The molecule has 39 heavy (non-hydrogen) atoms. The van der Waals surface area contributed by atoms with Gasteiger partial charge in [-0.15, -0.1) is 0 Å². The average Bonchev–Trinajstić information content (AvgIpc) is 3.57. The van der Waals surface area contributed by atoms with Crippen molar-refractivity contribution in [1.29, 1.82) is 0 Å². The number of anilines is 1. The summed E-state index contributed by atoms with van der Waals surface area (Å²) >= 11 is 0. The van der Waals surface area contributed by atoms with Gasteiger partial charge >= 0.3 is 0 Å². The van der Waals surface area contributed by atoms with E-state index in [4.69, 9.17) is 18.4 Å². The zero-order valence-electron chi connectivity index (χ0n) is 23.2. The molecule has 0 aliphatic rings. The highest BCUT2D eigenvalue weighted by Crippen LogP contribution is 2.38. The molecule has 2 N–H and O–H groups in total. The molecule has 210 valence electrons. The summed E-state index contributed by atoms with van der Waals surface area (Å²) in [5.74, 6) is 0.760. The molecule has 1 aromatic carbocycles. The number of ether oxygens (including phenoxy) is 2. The summed E-state index contributed by atoms with van der Waals surface area (Å²) in [7, 11) is 2.97. The fraction of sp³-hybridized carbons (Fsp3) is 0.429. The fourth-order valence-electron chi connectivity index (χ4n) is 3.96. The number of furan rings is 1. The van der Waals surface area contributed by atoms with E-state index in [1.807, 2.05) is 20.8 Å². The van der Waals surface area contributed by atoms with Crippen molar-refractivity contribution in [3.05, 3.63) is 59.7 Å². The molecule has 0 spiro atoms. The first-order chi connectivity index (χ1) is 18.6. The largest absolute Gasteiger partial charge is 0.493 e. The van der Waals surface area contributed by atoms with E-state index in [0.717, 1.165) is 0 Å². The van der Waals surface area contributed by atoms with Crippen molar-refractivity contribution in [3.63, 3.8) is 0 Å². The van der Waals surface area contributed by atoms with Crippen molar-refractivity contribution >= 4 is 23.5 Å². The van der Waals surface area contributed by atoms with Gasteiger partial charge in [0.2, 0.25) is 17.7 Å². The van der Waals surface area contributed by atoms with Crippen LogP contribution in [-0.4, -0.2) is 47.5 Å². The Balaban J connectivity index is 1.98. The van der Waals surface area contributed by atoms with Gasteiger partial charge in [0.15, 0.2) is 17.3 Å². The lowest BCUT2D eigenvalue weighted by Crippen LogP contribution is -2.50. The van der Waals surface area contributed by atoms with Crippen molar-refractivity contribution in [2.24, 2.45) is 0 Å². The molecular weight excluding hydrogens is 504 g/mol. The minimum absolute atomic E-state index is 0.0130. The van der Waals surface area contributed by atoms with Gasteiger partial charge in [-0.1, -0.05) is 24.2 Å². The van der Waals surface area contributed by atoms with Crippen LogP contribution in [0.5, 0.6) is 11.5 Å². The summed E-state index contributed by atoms with van der Waals surface area (Å²) in [6.07, 6.45) is 1.85. The highest BCUT2D eigenvalue weighted by atomic mass is 16.5. The van der Waals surface area contributed by atoms with E-state index < -0.39 is 29.3 Å². The summed E-state index contributed by atoms with van der Waals surface area (Å²) in [5.41, 5.74) is -0.111. The van der Waals surface area contributed by atoms with Crippen LogP contribution >= 0.6 is 0 Å². The molecule has 2 heterocycles. The molecule has 3 aromatic rings. The lowest BCUT2D eigenvalue weighted by Gasteiger charge is -2.35. The molecule has 0 bridgehead atoms. The van der Waals surface area contributed by atoms with Crippen LogP contribution in [0.1, 0.15) is 63.2 Å². The van der Waals surface area contributed by atoms with E-state index in [-0.39, 0.29) is 25.2 Å². The third-order valence-corrected chi connectivity index (χ3v) is 6.32. The number of hydrogen-bond donors (Lipinski definition) is 2. The Morgan fingerprint density at radius 3 is 2.46 bits per heavy atom. The van der Waals surface area contributed by atoms with Crippen molar-refractivity contribution < 1.29 is 32.8 Å². The monoisotopic (exact) mass is 540 g/mol. The third kappa shape index (κ3) is 7.62. The van der Waals surface area contributed by atoms with Crippen molar-refractivity contribution in [2.75, 3.05) is 19.5 Å². The average molecular weight is 541 g/mol. The lowest BCUT2D eigenvalue weighted by molar-refractivity contribution is -0.143. The molecule has 0 saturated heterocycles. The molecule has 0 radical (unpaired) electrons. The van der Waals surface area contributed by atoms with Crippen LogP contribution in [-0.2, 0) is 20.9 Å². The Morgan fingerprint density at radius 1 is 1.10 bits per heavy atom. The van der Waals surface area contributed by atoms with Gasteiger partial charge in [-0.2, -0.15) is 0 Å². The van der Waals surface area contributed by atoms with Gasteiger partial charge in [0.25, 0.3) is 0 Å². The quantitative estimate of drug-likeness (QED) is 0.326. The van der Waals surface area contributed by atoms with Gasteiger partial charge < -0.3 is 33.9 Å². The van der Waals surface area contributed by atoms with Gasteiger partial charge in [-0.05, 0) is 45.4 Å². The molecule has 3 rings (SSSR count). The topological polar surface area (TPSA) is 136 Å². The molecule has 11 heteroatoms. The lowest BCUT2D eigenvalue weighted by atomic mass is 9.97. The number of methoxy groups -OCH3 is 2. The first-order valence-electron chi connectivity index (χ1n) is 12.7. The van der Waals surface area contributed by atoms with Crippen molar-refractivity contribution in [2.45, 2.75) is 65.1 Å². The maximum absolute atomic E-state index is 13.9. The van der Waals surface area contributed by atoms with E-state index >= 15 is 0 Å².